The summed E-state index contributed by atoms with van der Waals surface area (Å²) in [6.45, 7) is 2.75. The van der Waals surface area contributed by atoms with E-state index in [0.717, 1.165) is 0 Å². The minimum atomic E-state index is -1.62. The van der Waals surface area contributed by atoms with Crippen molar-refractivity contribution in [3.05, 3.63) is 0 Å². The number of hydrogen-bond donors (Lipinski definition) is 7. The molecule has 13 nitrogen and oxygen atoms in total. The van der Waals surface area contributed by atoms with Crippen LogP contribution >= 0.6 is 0 Å². The number of amides is 5. The first kappa shape index (κ1) is 24.8. The molecule has 158 valence electrons. The van der Waals surface area contributed by atoms with Gasteiger partial charge in [-0.2, -0.15) is 0 Å². The first-order valence-electron chi connectivity index (χ1n) is 8.31. The van der Waals surface area contributed by atoms with Crippen LogP contribution in [0.5, 0.6) is 0 Å². The zero-order valence-electron chi connectivity index (χ0n) is 15.6. The van der Waals surface area contributed by atoms with Crippen molar-refractivity contribution in [3.63, 3.8) is 0 Å². The van der Waals surface area contributed by atoms with Gasteiger partial charge in [0.25, 0.3) is 0 Å². The third kappa shape index (κ3) is 9.47. The van der Waals surface area contributed by atoms with E-state index in [0.29, 0.717) is 0 Å². The topological polar surface area (TPSA) is 237 Å². The van der Waals surface area contributed by atoms with Gasteiger partial charge in [-0.05, 0) is 20.3 Å². The lowest BCUT2D eigenvalue weighted by Crippen LogP contribution is -2.56. The van der Waals surface area contributed by atoms with Crippen molar-refractivity contribution in [2.75, 3.05) is 0 Å². The van der Waals surface area contributed by atoms with Gasteiger partial charge in [0.1, 0.15) is 18.1 Å². The van der Waals surface area contributed by atoms with E-state index in [4.69, 9.17) is 22.3 Å². The molecule has 4 unspecified atom stereocenters. The smallest absolute Gasteiger partial charge is 0.326 e. The summed E-state index contributed by atoms with van der Waals surface area (Å²) in [5, 5.41) is 15.7. The van der Waals surface area contributed by atoms with Crippen molar-refractivity contribution in [1.82, 2.24) is 16.0 Å². The van der Waals surface area contributed by atoms with Crippen molar-refractivity contribution >= 4 is 35.5 Å². The number of nitrogens with one attached hydrogen (secondary N) is 3. The number of carboxylic acids is 1. The Balaban J connectivity index is 5.18. The Labute approximate surface area is 160 Å². The van der Waals surface area contributed by atoms with Gasteiger partial charge in [0.15, 0.2) is 0 Å². The monoisotopic (exact) mass is 402 g/mol. The Morgan fingerprint density at radius 2 is 1.36 bits per heavy atom. The maximum Gasteiger partial charge on any atom is 0.326 e. The van der Waals surface area contributed by atoms with Crippen LogP contribution in [0.1, 0.15) is 33.1 Å². The zero-order chi connectivity index (χ0) is 22.0. The second-order valence-corrected chi connectivity index (χ2v) is 6.15. The molecule has 0 rings (SSSR count). The molecule has 0 aromatic rings. The summed E-state index contributed by atoms with van der Waals surface area (Å²) in [6, 6.07) is -4.89. The lowest BCUT2D eigenvalue weighted by Gasteiger charge is -2.23. The predicted octanol–water partition coefficient (Wildman–Crippen LogP) is -3.97. The van der Waals surface area contributed by atoms with E-state index in [2.05, 4.69) is 16.0 Å². The lowest BCUT2D eigenvalue weighted by molar-refractivity contribution is -0.144. The SMILES string of the molecule is CC(N)C(=O)NC(C)C(=O)NC(CCC(N)=O)C(=O)NC(CC(N)=O)C(=O)O. The van der Waals surface area contributed by atoms with Gasteiger partial charge in [-0.3, -0.25) is 24.0 Å². The van der Waals surface area contributed by atoms with Gasteiger partial charge in [-0.15, -0.1) is 0 Å². The van der Waals surface area contributed by atoms with Crippen LogP contribution in [0.3, 0.4) is 0 Å². The normalized spacial score (nSPS) is 14.7. The Hall–Kier alpha value is -3.22. The van der Waals surface area contributed by atoms with Gasteiger partial charge < -0.3 is 38.3 Å². The molecule has 0 radical (unpaired) electrons. The molecule has 0 bridgehead atoms. The largest absolute Gasteiger partial charge is 0.480 e. The van der Waals surface area contributed by atoms with Crippen LogP contribution in [0.4, 0.5) is 0 Å². The summed E-state index contributed by atoms with van der Waals surface area (Å²) in [5.74, 6) is -5.57. The fraction of sp³-hybridized carbons (Fsp3) is 0.600. The van der Waals surface area contributed by atoms with E-state index in [1.165, 1.54) is 13.8 Å². The fourth-order valence-corrected chi connectivity index (χ4v) is 1.94. The predicted molar refractivity (Wildman–Crippen MR) is 95.0 cm³/mol. The zero-order valence-corrected chi connectivity index (χ0v) is 15.6. The van der Waals surface area contributed by atoms with Gasteiger partial charge in [-0.1, -0.05) is 0 Å². The first-order valence-corrected chi connectivity index (χ1v) is 8.31. The van der Waals surface area contributed by atoms with Gasteiger partial charge in [0.2, 0.25) is 29.5 Å². The van der Waals surface area contributed by atoms with Gasteiger partial charge in [0.05, 0.1) is 12.5 Å². The number of carboxylic acid groups (broad SMARTS) is 1. The molecule has 0 saturated carbocycles. The summed E-state index contributed by atoms with van der Waals surface area (Å²) in [4.78, 5) is 69.2. The van der Waals surface area contributed by atoms with Crippen LogP contribution in [0.15, 0.2) is 0 Å². The van der Waals surface area contributed by atoms with Crippen LogP contribution < -0.4 is 33.2 Å². The number of carbonyl (C=O) groups excluding carboxylic acids is 5. The minimum absolute atomic E-state index is 0.232. The summed E-state index contributed by atoms with van der Waals surface area (Å²) in [6.07, 6.45) is -1.19. The molecule has 0 fully saturated rings. The summed E-state index contributed by atoms with van der Waals surface area (Å²) < 4.78 is 0. The molecular weight excluding hydrogens is 376 g/mol. The summed E-state index contributed by atoms with van der Waals surface area (Å²) in [7, 11) is 0. The molecule has 0 spiro atoms. The molecule has 28 heavy (non-hydrogen) atoms. The molecular formula is C15H26N6O7. The van der Waals surface area contributed by atoms with Gasteiger partial charge in [0, 0.05) is 6.42 Å². The quantitative estimate of drug-likeness (QED) is 0.169. The average Bonchev–Trinajstić information content (AvgIpc) is 2.56. The van der Waals surface area contributed by atoms with Crippen LogP contribution in [0, 0.1) is 0 Å². The molecule has 13 heteroatoms. The molecule has 0 aliphatic rings. The number of nitrogens with two attached hydrogens (primary N) is 3. The first-order chi connectivity index (χ1) is 12.8. The lowest BCUT2D eigenvalue weighted by atomic mass is 10.1. The van der Waals surface area contributed by atoms with Crippen molar-refractivity contribution in [2.45, 2.75) is 57.3 Å². The van der Waals surface area contributed by atoms with Crippen molar-refractivity contribution < 1.29 is 33.9 Å². The maximum atomic E-state index is 12.3. The molecule has 0 aliphatic heterocycles. The number of primary amides is 2. The Bertz CT molecular complexity index is 636. The van der Waals surface area contributed by atoms with E-state index in [9.17, 15) is 28.8 Å². The van der Waals surface area contributed by atoms with E-state index in [1.807, 2.05) is 0 Å². The Kier molecular flexibility index (Phi) is 10.2. The molecule has 0 saturated heterocycles. The fourth-order valence-electron chi connectivity index (χ4n) is 1.94. The average molecular weight is 402 g/mol. The van der Waals surface area contributed by atoms with E-state index in [-0.39, 0.29) is 12.8 Å². The summed E-state index contributed by atoms with van der Waals surface area (Å²) >= 11 is 0. The number of hydrogen-bond acceptors (Lipinski definition) is 7. The molecule has 4 atom stereocenters. The second-order valence-electron chi connectivity index (χ2n) is 6.15. The number of carbonyl (C=O) groups is 6. The Morgan fingerprint density at radius 3 is 1.79 bits per heavy atom. The van der Waals surface area contributed by atoms with E-state index < -0.39 is 66.1 Å². The van der Waals surface area contributed by atoms with Crippen LogP contribution in [0.25, 0.3) is 0 Å². The van der Waals surface area contributed by atoms with Crippen molar-refractivity contribution in [1.29, 1.82) is 0 Å². The molecule has 0 aromatic carbocycles. The molecule has 10 N–H and O–H groups in total. The highest BCUT2D eigenvalue weighted by Crippen LogP contribution is 2.02. The summed E-state index contributed by atoms with van der Waals surface area (Å²) in [5.41, 5.74) is 15.4. The highest BCUT2D eigenvalue weighted by atomic mass is 16.4. The number of aliphatic carboxylic acids is 1. The van der Waals surface area contributed by atoms with Crippen molar-refractivity contribution in [2.24, 2.45) is 17.2 Å². The van der Waals surface area contributed by atoms with Crippen LogP contribution in [0.2, 0.25) is 0 Å². The van der Waals surface area contributed by atoms with Gasteiger partial charge in [-0.25, -0.2) is 4.79 Å². The molecule has 5 amide bonds. The van der Waals surface area contributed by atoms with E-state index >= 15 is 0 Å². The Morgan fingerprint density at radius 1 is 0.821 bits per heavy atom. The van der Waals surface area contributed by atoms with E-state index in [1.54, 1.807) is 0 Å². The van der Waals surface area contributed by atoms with Crippen LogP contribution in [-0.4, -0.2) is 64.8 Å². The third-order valence-electron chi connectivity index (χ3n) is 3.50. The molecule has 0 aliphatic carbocycles. The molecule has 0 aromatic heterocycles. The maximum absolute atomic E-state index is 12.3. The van der Waals surface area contributed by atoms with Crippen LogP contribution in [-0.2, 0) is 28.8 Å². The minimum Gasteiger partial charge on any atom is -0.480 e. The standard InChI is InChI=1S/C15H26N6O7/c1-6(16)12(24)19-7(2)13(25)20-8(3-4-10(17)22)14(26)21-9(15(27)28)5-11(18)23/h6-9H,3-5,16H2,1-2H3,(H2,17,22)(H2,18,23)(H,19,24)(H,20,25)(H,21,26)(H,27,28). The highest BCUT2D eigenvalue weighted by Gasteiger charge is 2.29. The second kappa shape index (κ2) is 11.5. The molecule has 0 heterocycles. The number of rotatable bonds is 12. The third-order valence-corrected chi connectivity index (χ3v) is 3.50. The van der Waals surface area contributed by atoms with Crippen molar-refractivity contribution in [3.8, 4) is 0 Å². The van der Waals surface area contributed by atoms with Gasteiger partial charge >= 0.3 is 5.97 Å². The highest BCUT2D eigenvalue weighted by molar-refractivity contribution is 5.94.